The zero-order valence-corrected chi connectivity index (χ0v) is 14.7. The van der Waals surface area contributed by atoms with Gasteiger partial charge < -0.3 is 5.32 Å². The largest absolute Gasteiger partial charge is 0.332 e. The van der Waals surface area contributed by atoms with Crippen molar-refractivity contribution < 1.29 is 0 Å². The third-order valence-electron chi connectivity index (χ3n) is 3.72. The molecule has 0 saturated carbocycles. The molecule has 4 heteroatoms. The van der Waals surface area contributed by atoms with Crippen molar-refractivity contribution in [1.29, 1.82) is 0 Å². The molecule has 3 aromatic rings. The maximum atomic E-state index is 5.48. The van der Waals surface area contributed by atoms with Crippen LogP contribution < -0.4 is 10.7 Å². The van der Waals surface area contributed by atoms with E-state index >= 15 is 0 Å². The molecule has 0 spiro atoms. The van der Waals surface area contributed by atoms with Gasteiger partial charge >= 0.3 is 0 Å². The third kappa shape index (κ3) is 5.71. The first-order chi connectivity index (χ1) is 12.3. The second-order valence-electron chi connectivity index (χ2n) is 5.76. The molecule has 0 amide bonds. The van der Waals surface area contributed by atoms with E-state index in [0.29, 0.717) is 5.11 Å². The molecule has 3 aromatic carbocycles. The zero-order chi connectivity index (χ0) is 17.3. The molecule has 0 aromatic heterocycles. The highest BCUT2D eigenvalue weighted by Crippen LogP contribution is 2.09. The van der Waals surface area contributed by atoms with Crippen LogP contribution in [-0.4, -0.2) is 10.1 Å². The minimum atomic E-state index is 0.582. The van der Waals surface area contributed by atoms with Crippen molar-refractivity contribution in [3.8, 4) is 0 Å². The molecule has 2 N–H and O–H groups in total. The summed E-state index contributed by atoms with van der Waals surface area (Å²) in [6.45, 7) is 1.51. The molecule has 3 rings (SSSR count). The van der Waals surface area contributed by atoms with Crippen LogP contribution in [0.1, 0.15) is 11.1 Å². The molecule has 126 valence electrons. The number of thiocarbonyl (C=S) groups is 1. The Morgan fingerprint density at radius 1 is 0.680 bits per heavy atom. The highest BCUT2D eigenvalue weighted by Gasteiger charge is 2.09. The first kappa shape index (κ1) is 17.1. The van der Waals surface area contributed by atoms with Gasteiger partial charge in [0.1, 0.15) is 0 Å². The number of hydrazine groups is 1. The summed E-state index contributed by atoms with van der Waals surface area (Å²) in [5.74, 6) is 0. The fraction of sp³-hybridized carbons (Fsp3) is 0.0952. The van der Waals surface area contributed by atoms with Gasteiger partial charge in [0.2, 0.25) is 0 Å². The van der Waals surface area contributed by atoms with E-state index in [-0.39, 0.29) is 0 Å². The molecule has 0 aliphatic rings. The average molecular weight is 347 g/mol. The normalized spacial score (nSPS) is 10.4. The van der Waals surface area contributed by atoms with Gasteiger partial charge in [-0.3, -0.25) is 5.43 Å². The van der Waals surface area contributed by atoms with E-state index in [1.165, 1.54) is 11.1 Å². The van der Waals surface area contributed by atoms with Crippen LogP contribution in [0.2, 0.25) is 0 Å². The molecular formula is C21H21N3S. The number of anilines is 1. The van der Waals surface area contributed by atoms with Gasteiger partial charge in [0.25, 0.3) is 0 Å². The standard InChI is InChI=1S/C21H21N3S/c25-21(22-20-14-8-3-9-15-20)23-24(16-18-10-4-1-5-11-18)17-19-12-6-2-7-13-19/h1-15H,16-17H2,(H2,22,23,25). The second-order valence-corrected chi connectivity index (χ2v) is 6.17. The van der Waals surface area contributed by atoms with Gasteiger partial charge in [0.15, 0.2) is 5.11 Å². The summed E-state index contributed by atoms with van der Waals surface area (Å²) in [7, 11) is 0. The molecule has 0 aliphatic carbocycles. The Morgan fingerprint density at radius 3 is 1.60 bits per heavy atom. The summed E-state index contributed by atoms with van der Waals surface area (Å²) in [6.07, 6.45) is 0. The van der Waals surface area contributed by atoms with E-state index in [1.54, 1.807) is 0 Å². The number of para-hydroxylation sites is 1. The molecule has 0 heterocycles. The van der Waals surface area contributed by atoms with E-state index in [0.717, 1.165) is 18.8 Å². The first-order valence-electron chi connectivity index (χ1n) is 8.25. The van der Waals surface area contributed by atoms with E-state index < -0.39 is 0 Å². The fourth-order valence-electron chi connectivity index (χ4n) is 2.57. The summed E-state index contributed by atoms with van der Waals surface area (Å²) in [5.41, 5.74) is 6.75. The van der Waals surface area contributed by atoms with Crippen LogP contribution >= 0.6 is 12.2 Å². The van der Waals surface area contributed by atoms with Crippen LogP contribution in [-0.2, 0) is 13.1 Å². The molecule has 0 atom stereocenters. The highest BCUT2D eigenvalue weighted by molar-refractivity contribution is 7.80. The number of nitrogens with one attached hydrogen (secondary N) is 2. The van der Waals surface area contributed by atoms with Crippen molar-refractivity contribution in [3.05, 3.63) is 102 Å². The molecule has 3 nitrogen and oxygen atoms in total. The number of hydrogen-bond donors (Lipinski definition) is 2. The lowest BCUT2D eigenvalue weighted by Crippen LogP contribution is -2.43. The Kier molecular flexibility index (Phi) is 6.15. The monoisotopic (exact) mass is 347 g/mol. The van der Waals surface area contributed by atoms with Gasteiger partial charge in [-0.2, -0.15) is 0 Å². The Balaban J connectivity index is 1.68. The predicted molar refractivity (Wildman–Crippen MR) is 108 cm³/mol. The summed E-state index contributed by atoms with van der Waals surface area (Å²) in [4.78, 5) is 0. The number of hydrogen-bond acceptors (Lipinski definition) is 2. The van der Waals surface area contributed by atoms with Gasteiger partial charge in [-0.05, 0) is 35.5 Å². The Hall–Kier alpha value is -2.69. The van der Waals surface area contributed by atoms with Gasteiger partial charge in [-0.1, -0.05) is 78.9 Å². The van der Waals surface area contributed by atoms with Gasteiger partial charge in [-0.15, -0.1) is 0 Å². The summed E-state index contributed by atoms with van der Waals surface area (Å²) in [5, 5.41) is 5.92. The molecule has 0 saturated heterocycles. The van der Waals surface area contributed by atoms with E-state index in [2.05, 4.69) is 64.3 Å². The lowest BCUT2D eigenvalue weighted by molar-refractivity contribution is 0.218. The minimum absolute atomic E-state index is 0.582. The quantitative estimate of drug-likeness (QED) is 0.504. The number of rotatable bonds is 6. The maximum Gasteiger partial charge on any atom is 0.185 e. The SMILES string of the molecule is S=C(Nc1ccccc1)NN(Cc1ccccc1)Cc1ccccc1. The Morgan fingerprint density at radius 2 is 1.12 bits per heavy atom. The molecule has 0 aliphatic heterocycles. The van der Waals surface area contributed by atoms with Crippen molar-refractivity contribution in [2.45, 2.75) is 13.1 Å². The van der Waals surface area contributed by atoms with Crippen LogP contribution in [0.5, 0.6) is 0 Å². The Labute approximate surface area is 154 Å². The summed E-state index contributed by atoms with van der Waals surface area (Å²) in [6, 6.07) is 30.7. The van der Waals surface area contributed by atoms with Crippen LogP contribution in [0.25, 0.3) is 0 Å². The summed E-state index contributed by atoms with van der Waals surface area (Å²) < 4.78 is 0. The topological polar surface area (TPSA) is 27.3 Å². The predicted octanol–water partition coefficient (Wildman–Crippen LogP) is 4.59. The Bertz CT molecular complexity index is 735. The van der Waals surface area contributed by atoms with Crippen LogP contribution in [0, 0.1) is 0 Å². The number of nitrogens with zero attached hydrogens (tertiary/aromatic N) is 1. The smallest absolute Gasteiger partial charge is 0.185 e. The molecule has 0 bridgehead atoms. The second kappa shape index (κ2) is 8.97. The van der Waals surface area contributed by atoms with Crippen LogP contribution in [0.15, 0.2) is 91.0 Å². The lowest BCUT2D eigenvalue weighted by Gasteiger charge is -2.25. The lowest BCUT2D eigenvalue weighted by atomic mass is 10.2. The molecule has 25 heavy (non-hydrogen) atoms. The molecule has 0 fully saturated rings. The molecule has 0 unspecified atom stereocenters. The van der Waals surface area contributed by atoms with Crippen molar-refractivity contribution in [2.24, 2.45) is 0 Å². The van der Waals surface area contributed by atoms with Gasteiger partial charge in [0.05, 0.1) is 0 Å². The van der Waals surface area contributed by atoms with Gasteiger partial charge in [-0.25, -0.2) is 5.01 Å². The maximum absolute atomic E-state index is 5.48. The van der Waals surface area contributed by atoms with Gasteiger partial charge in [0, 0.05) is 18.8 Å². The highest BCUT2D eigenvalue weighted by atomic mass is 32.1. The third-order valence-corrected chi connectivity index (χ3v) is 3.92. The zero-order valence-electron chi connectivity index (χ0n) is 13.9. The van der Waals surface area contributed by atoms with Crippen LogP contribution in [0.4, 0.5) is 5.69 Å². The number of benzene rings is 3. The van der Waals surface area contributed by atoms with Crippen LogP contribution in [0.3, 0.4) is 0 Å². The van der Waals surface area contributed by atoms with E-state index in [9.17, 15) is 0 Å². The van der Waals surface area contributed by atoms with Crippen molar-refractivity contribution >= 4 is 23.0 Å². The van der Waals surface area contributed by atoms with E-state index in [4.69, 9.17) is 12.2 Å². The fourth-order valence-corrected chi connectivity index (χ4v) is 2.81. The molecular weight excluding hydrogens is 326 g/mol. The first-order valence-corrected chi connectivity index (χ1v) is 8.66. The minimum Gasteiger partial charge on any atom is -0.332 e. The van der Waals surface area contributed by atoms with Crippen molar-refractivity contribution in [1.82, 2.24) is 10.4 Å². The van der Waals surface area contributed by atoms with Crippen molar-refractivity contribution in [3.63, 3.8) is 0 Å². The molecule has 0 radical (unpaired) electrons. The van der Waals surface area contributed by atoms with Crippen molar-refractivity contribution in [2.75, 3.05) is 5.32 Å². The average Bonchev–Trinajstić information content (AvgIpc) is 2.64. The summed E-state index contributed by atoms with van der Waals surface area (Å²) >= 11 is 5.48. The van der Waals surface area contributed by atoms with E-state index in [1.807, 2.05) is 42.5 Å².